The summed E-state index contributed by atoms with van der Waals surface area (Å²) >= 11 is 0. The van der Waals surface area contributed by atoms with Crippen molar-refractivity contribution < 1.29 is 5.11 Å². The van der Waals surface area contributed by atoms with Gasteiger partial charge in [0.2, 0.25) is 0 Å². The van der Waals surface area contributed by atoms with Gasteiger partial charge < -0.3 is 5.11 Å². The van der Waals surface area contributed by atoms with Gasteiger partial charge in [-0.3, -0.25) is 0 Å². The molecule has 1 aliphatic carbocycles. The summed E-state index contributed by atoms with van der Waals surface area (Å²) in [5.74, 6) is 0. The van der Waals surface area contributed by atoms with Gasteiger partial charge in [0.1, 0.15) is 0 Å². The molecule has 1 nitrogen and oxygen atoms in total. The molecule has 9 heavy (non-hydrogen) atoms. The van der Waals surface area contributed by atoms with Gasteiger partial charge in [-0.05, 0) is 18.3 Å². The average Bonchev–Trinajstić information content (AvgIpc) is 1.77. The van der Waals surface area contributed by atoms with Crippen molar-refractivity contribution in [2.45, 2.75) is 32.8 Å². The van der Waals surface area contributed by atoms with E-state index < -0.39 is 0 Å². The van der Waals surface area contributed by atoms with Gasteiger partial charge in [0, 0.05) is 0 Å². The molecule has 1 N–H and O–H groups in total. The molecule has 0 bridgehead atoms. The van der Waals surface area contributed by atoms with E-state index >= 15 is 0 Å². The fraction of sp³-hybridized carbons (Fsp3) is 0.750. The third kappa shape index (κ3) is 1.33. The maximum absolute atomic E-state index is 9.35. The van der Waals surface area contributed by atoms with Crippen molar-refractivity contribution in [3.8, 4) is 0 Å². The molecule has 0 spiro atoms. The molecule has 0 radical (unpaired) electrons. The molecule has 52 valence electrons. The zero-order valence-corrected chi connectivity index (χ0v) is 6.09. The van der Waals surface area contributed by atoms with Crippen molar-refractivity contribution in [1.29, 1.82) is 0 Å². The Balaban J connectivity index is 2.66. The minimum absolute atomic E-state index is 0.106. The first kappa shape index (κ1) is 6.81. The molecular weight excluding hydrogens is 112 g/mol. The topological polar surface area (TPSA) is 20.2 Å². The van der Waals surface area contributed by atoms with Gasteiger partial charge in [-0.2, -0.15) is 0 Å². The van der Waals surface area contributed by atoms with Crippen molar-refractivity contribution in [2.24, 2.45) is 5.41 Å². The van der Waals surface area contributed by atoms with Crippen LogP contribution in [0.25, 0.3) is 0 Å². The molecule has 0 aromatic carbocycles. The molecule has 1 atom stereocenters. The Labute approximate surface area is 56.4 Å². The lowest BCUT2D eigenvalue weighted by Crippen LogP contribution is -2.29. The quantitative estimate of drug-likeness (QED) is 0.490. The van der Waals surface area contributed by atoms with Crippen LogP contribution in [0.15, 0.2) is 12.2 Å². The van der Waals surface area contributed by atoms with E-state index in [-0.39, 0.29) is 11.5 Å². The van der Waals surface area contributed by atoms with Gasteiger partial charge in [-0.1, -0.05) is 26.0 Å². The summed E-state index contributed by atoms with van der Waals surface area (Å²) in [5, 5.41) is 9.35. The van der Waals surface area contributed by atoms with Crippen LogP contribution >= 0.6 is 0 Å². The van der Waals surface area contributed by atoms with E-state index in [1.807, 2.05) is 6.08 Å². The number of hydrogen-bond donors (Lipinski definition) is 1. The molecule has 0 heterocycles. The largest absolute Gasteiger partial charge is 0.388 e. The lowest BCUT2D eigenvalue weighted by molar-refractivity contribution is 0.0776. The van der Waals surface area contributed by atoms with Crippen LogP contribution < -0.4 is 0 Å². The highest BCUT2D eigenvalue weighted by atomic mass is 16.3. The predicted molar refractivity (Wildman–Crippen MR) is 38.2 cm³/mol. The smallest absolute Gasteiger partial charge is 0.0771 e. The highest BCUT2D eigenvalue weighted by Gasteiger charge is 2.26. The molecule has 0 amide bonds. The summed E-state index contributed by atoms with van der Waals surface area (Å²) in [6.07, 6.45) is 5.93. The molecule has 0 saturated carbocycles. The van der Waals surface area contributed by atoms with Crippen molar-refractivity contribution in [1.82, 2.24) is 0 Å². The van der Waals surface area contributed by atoms with E-state index in [1.165, 1.54) is 0 Å². The second-order valence-corrected chi connectivity index (χ2v) is 3.40. The maximum atomic E-state index is 9.35. The van der Waals surface area contributed by atoms with Gasteiger partial charge >= 0.3 is 0 Å². The molecule has 1 heteroatoms. The number of aliphatic hydroxyl groups is 1. The standard InChI is InChI=1S/C8H14O/c1-8(2)6-4-3-5-7(8)9/h3,5,7,9H,4,6H2,1-2H3/t7-/m0/s1. The van der Waals surface area contributed by atoms with Crippen LogP contribution in [0.1, 0.15) is 26.7 Å². The Morgan fingerprint density at radius 3 is 2.56 bits per heavy atom. The summed E-state index contributed by atoms with van der Waals surface area (Å²) in [6.45, 7) is 4.20. The van der Waals surface area contributed by atoms with Crippen molar-refractivity contribution >= 4 is 0 Å². The second-order valence-electron chi connectivity index (χ2n) is 3.40. The first-order valence-corrected chi connectivity index (χ1v) is 3.48. The SMILES string of the molecule is CC1(C)CCC=C[C@@H]1O. The summed E-state index contributed by atoms with van der Waals surface area (Å²) < 4.78 is 0. The van der Waals surface area contributed by atoms with Crippen LogP contribution in [0.4, 0.5) is 0 Å². The molecule has 0 unspecified atom stereocenters. The van der Waals surface area contributed by atoms with Gasteiger partial charge in [-0.25, -0.2) is 0 Å². The summed E-state index contributed by atoms with van der Waals surface area (Å²) in [6, 6.07) is 0. The molecule has 1 rings (SSSR count). The predicted octanol–water partition coefficient (Wildman–Crippen LogP) is 1.72. The van der Waals surface area contributed by atoms with Gasteiger partial charge in [0.25, 0.3) is 0 Å². The fourth-order valence-electron chi connectivity index (χ4n) is 1.09. The highest BCUT2D eigenvalue weighted by molar-refractivity contribution is 5.01. The zero-order valence-electron chi connectivity index (χ0n) is 6.09. The Bertz CT molecular complexity index is 125. The van der Waals surface area contributed by atoms with Gasteiger partial charge in [0.05, 0.1) is 6.10 Å². The number of hydrogen-bond acceptors (Lipinski definition) is 1. The number of aliphatic hydroxyl groups excluding tert-OH is 1. The Morgan fingerprint density at radius 1 is 1.56 bits per heavy atom. The Morgan fingerprint density at radius 2 is 2.22 bits per heavy atom. The maximum Gasteiger partial charge on any atom is 0.0771 e. The lowest BCUT2D eigenvalue weighted by Gasteiger charge is -2.30. The minimum atomic E-state index is -0.230. The first-order chi connectivity index (χ1) is 4.13. The first-order valence-electron chi connectivity index (χ1n) is 3.48. The minimum Gasteiger partial charge on any atom is -0.388 e. The summed E-state index contributed by atoms with van der Waals surface area (Å²) in [4.78, 5) is 0. The van der Waals surface area contributed by atoms with Crippen molar-refractivity contribution in [2.75, 3.05) is 0 Å². The van der Waals surface area contributed by atoms with Crippen LogP contribution in [0.2, 0.25) is 0 Å². The highest BCUT2D eigenvalue weighted by Crippen LogP contribution is 2.31. The molecule has 0 aliphatic heterocycles. The van der Waals surface area contributed by atoms with E-state index in [1.54, 1.807) is 0 Å². The van der Waals surface area contributed by atoms with Crippen LogP contribution in [-0.2, 0) is 0 Å². The van der Waals surface area contributed by atoms with E-state index in [9.17, 15) is 5.11 Å². The monoisotopic (exact) mass is 126 g/mol. The van der Waals surface area contributed by atoms with Crippen LogP contribution in [-0.4, -0.2) is 11.2 Å². The Hall–Kier alpha value is -0.300. The van der Waals surface area contributed by atoms with E-state index in [0.717, 1.165) is 12.8 Å². The van der Waals surface area contributed by atoms with Crippen LogP contribution in [0, 0.1) is 5.41 Å². The zero-order chi connectivity index (χ0) is 6.91. The average molecular weight is 126 g/mol. The van der Waals surface area contributed by atoms with Crippen LogP contribution in [0.3, 0.4) is 0 Å². The fourth-order valence-corrected chi connectivity index (χ4v) is 1.09. The molecule has 0 aromatic heterocycles. The number of rotatable bonds is 0. The lowest BCUT2D eigenvalue weighted by atomic mass is 9.79. The molecule has 0 saturated heterocycles. The molecular formula is C8H14O. The molecule has 0 aromatic rings. The van der Waals surface area contributed by atoms with E-state index in [0.29, 0.717) is 0 Å². The van der Waals surface area contributed by atoms with Crippen molar-refractivity contribution in [3.05, 3.63) is 12.2 Å². The third-order valence-electron chi connectivity index (χ3n) is 2.07. The summed E-state index contributed by atoms with van der Waals surface area (Å²) in [7, 11) is 0. The van der Waals surface area contributed by atoms with Crippen molar-refractivity contribution in [3.63, 3.8) is 0 Å². The molecule has 1 aliphatic rings. The third-order valence-corrected chi connectivity index (χ3v) is 2.07. The van der Waals surface area contributed by atoms with Gasteiger partial charge in [0.15, 0.2) is 0 Å². The molecule has 0 fully saturated rings. The number of allylic oxidation sites excluding steroid dienone is 1. The van der Waals surface area contributed by atoms with E-state index in [4.69, 9.17) is 0 Å². The summed E-state index contributed by atoms with van der Waals surface area (Å²) in [5.41, 5.74) is 0.106. The van der Waals surface area contributed by atoms with Crippen LogP contribution in [0.5, 0.6) is 0 Å². The van der Waals surface area contributed by atoms with Gasteiger partial charge in [-0.15, -0.1) is 0 Å². The Kier molecular flexibility index (Phi) is 1.62. The van der Waals surface area contributed by atoms with E-state index in [2.05, 4.69) is 19.9 Å². The normalized spacial score (nSPS) is 32.6. The second kappa shape index (κ2) is 2.14.